The van der Waals surface area contributed by atoms with Gasteiger partial charge in [-0.2, -0.15) is 0 Å². The number of hydrogen-bond acceptors (Lipinski definition) is 3. The minimum Gasteiger partial charge on any atom is -0.409 e. The van der Waals surface area contributed by atoms with E-state index in [9.17, 15) is 0 Å². The average Bonchev–Trinajstić information content (AvgIpc) is 2.25. The second-order valence-corrected chi connectivity index (χ2v) is 4.55. The van der Waals surface area contributed by atoms with Gasteiger partial charge in [0, 0.05) is 15.5 Å². The van der Waals surface area contributed by atoms with Crippen molar-refractivity contribution in [3.63, 3.8) is 0 Å². The molecule has 0 aliphatic carbocycles. The Morgan fingerprint density at radius 3 is 2.93 bits per heavy atom. The molecule has 5 heteroatoms. The molecule has 0 aromatic heterocycles. The van der Waals surface area contributed by atoms with Crippen LogP contribution in [-0.4, -0.2) is 16.8 Å². The fraction of sp³-hybridized carbons (Fsp3) is 0.300. The van der Waals surface area contributed by atoms with Crippen LogP contribution in [0.1, 0.15) is 18.9 Å². The summed E-state index contributed by atoms with van der Waals surface area (Å²) in [5.41, 5.74) is 6.28. The Hall–Kier alpha value is -0.870. The minimum absolute atomic E-state index is 0.116. The molecule has 0 bridgehead atoms. The van der Waals surface area contributed by atoms with Gasteiger partial charge in [-0.1, -0.05) is 23.7 Å². The number of thioether (sulfide) groups is 1. The van der Waals surface area contributed by atoms with E-state index in [1.165, 1.54) is 0 Å². The number of hydrogen-bond donors (Lipinski definition) is 2. The van der Waals surface area contributed by atoms with E-state index >= 15 is 0 Å². The number of halogens is 1. The van der Waals surface area contributed by atoms with Crippen molar-refractivity contribution in [2.75, 3.05) is 5.75 Å². The summed E-state index contributed by atoms with van der Waals surface area (Å²) in [7, 11) is 0. The summed E-state index contributed by atoms with van der Waals surface area (Å²) in [6.07, 6.45) is 1.06. The van der Waals surface area contributed by atoms with Crippen molar-refractivity contribution in [3.8, 4) is 0 Å². The Morgan fingerprint density at radius 1 is 1.60 bits per heavy atom. The highest BCUT2D eigenvalue weighted by Crippen LogP contribution is 2.26. The zero-order chi connectivity index (χ0) is 11.3. The lowest BCUT2D eigenvalue weighted by Crippen LogP contribution is -2.14. The lowest BCUT2D eigenvalue weighted by atomic mass is 10.2. The lowest BCUT2D eigenvalue weighted by Gasteiger charge is -2.07. The Labute approximate surface area is 98.3 Å². The summed E-state index contributed by atoms with van der Waals surface area (Å²) < 4.78 is 0. The van der Waals surface area contributed by atoms with Gasteiger partial charge >= 0.3 is 0 Å². The molecule has 0 aliphatic heterocycles. The van der Waals surface area contributed by atoms with Crippen LogP contribution in [0.2, 0.25) is 5.02 Å². The molecule has 0 aliphatic rings. The van der Waals surface area contributed by atoms with Gasteiger partial charge in [0.05, 0.1) is 0 Å². The quantitative estimate of drug-likeness (QED) is 0.282. The summed E-state index contributed by atoms with van der Waals surface area (Å²) in [4.78, 5) is 0.944. The Kier molecular flexibility index (Phi) is 4.78. The zero-order valence-corrected chi connectivity index (χ0v) is 9.98. The first-order chi connectivity index (χ1) is 7.19. The highest BCUT2D eigenvalue weighted by atomic mass is 35.5. The van der Waals surface area contributed by atoms with Crippen LogP contribution in [0.5, 0.6) is 0 Å². The van der Waals surface area contributed by atoms with Crippen LogP contribution in [0.4, 0.5) is 0 Å². The molecule has 0 fully saturated rings. The molecule has 0 saturated carbocycles. The first-order valence-corrected chi connectivity index (χ1v) is 5.95. The van der Waals surface area contributed by atoms with E-state index in [1.54, 1.807) is 23.9 Å². The van der Waals surface area contributed by atoms with Crippen LogP contribution < -0.4 is 5.73 Å². The molecule has 15 heavy (non-hydrogen) atoms. The molecular formula is C10H13ClN2OS. The second kappa shape index (κ2) is 5.88. The topological polar surface area (TPSA) is 58.6 Å². The van der Waals surface area contributed by atoms with Crippen molar-refractivity contribution in [2.45, 2.75) is 18.2 Å². The van der Waals surface area contributed by atoms with Gasteiger partial charge in [-0.25, -0.2) is 0 Å². The van der Waals surface area contributed by atoms with Crippen molar-refractivity contribution in [2.24, 2.45) is 10.9 Å². The average molecular weight is 245 g/mol. The SMILES string of the molecule is CCCSc1cc(Cl)ccc1C(N)=NO. The monoisotopic (exact) mass is 244 g/mol. The Bertz CT molecular complexity index is 368. The van der Waals surface area contributed by atoms with Gasteiger partial charge in [0.15, 0.2) is 5.84 Å². The van der Waals surface area contributed by atoms with Gasteiger partial charge in [0.1, 0.15) is 0 Å². The maximum Gasteiger partial charge on any atom is 0.171 e. The van der Waals surface area contributed by atoms with Gasteiger partial charge in [-0.15, -0.1) is 11.8 Å². The molecule has 0 heterocycles. The van der Waals surface area contributed by atoms with Crippen molar-refractivity contribution in [1.29, 1.82) is 0 Å². The molecule has 0 atom stereocenters. The number of nitrogens with zero attached hydrogens (tertiary/aromatic N) is 1. The summed E-state index contributed by atoms with van der Waals surface area (Å²) in [6.45, 7) is 2.10. The molecule has 0 amide bonds. The predicted molar refractivity (Wildman–Crippen MR) is 65.0 cm³/mol. The van der Waals surface area contributed by atoms with E-state index < -0.39 is 0 Å². The standard InChI is InChI=1S/C10H13ClN2OS/c1-2-5-15-9-6-7(11)3-4-8(9)10(12)13-14/h3-4,6,14H,2,5H2,1H3,(H2,12,13). The van der Waals surface area contributed by atoms with Gasteiger partial charge in [-0.3, -0.25) is 0 Å². The van der Waals surface area contributed by atoms with E-state index in [4.69, 9.17) is 22.5 Å². The van der Waals surface area contributed by atoms with Crippen LogP contribution in [0, 0.1) is 0 Å². The van der Waals surface area contributed by atoms with Crippen molar-refractivity contribution < 1.29 is 5.21 Å². The largest absolute Gasteiger partial charge is 0.409 e. The van der Waals surface area contributed by atoms with Gasteiger partial charge in [0.25, 0.3) is 0 Å². The summed E-state index contributed by atoms with van der Waals surface area (Å²) in [5.74, 6) is 1.09. The molecule has 1 rings (SSSR count). The fourth-order valence-corrected chi connectivity index (χ4v) is 2.29. The molecule has 0 saturated heterocycles. The predicted octanol–water partition coefficient (Wildman–Crippen LogP) is 2.94. The van der Waals surface area contributed by atoms with E-state index in [1.807, 2.05) is 6.07 Å². The van der Waals surface area contributed by atoms with Crippen LogP contribution in [0.3, 0.4) is 0 Å². The van der Waals surface area contributed by atoms with Gasteiger partial charge in [0.2, 0.25) is 0 Å². The van der Waals surface area contributed by atoms with E-state index in [0.29, 0.717) is 5.02 Å². The van der Waals surface area contributed by atoms with Gasteiger partial charge < -0.3 is 10.9 Å². The van der Waals surface area contributed by atoms with Crippen molar-refractivity contribution in [1.82, 2.24) is 0 Å². The lowest BCUT2D eigenvalue weighted by molar-refractivity contribution is 0.318. The summed E-state index contributed by atoms with van der Waals surface area (Å²) in [6, 6.07) is 5.32. The molecule has 3 nitrogen and oxygen atoms in total. The van der Waals surface area contributed by atoms with Gasteiger partial charge in [-0.05, 0) is 30.4 Å². The minimum atomic E-state index is 0.116. The molecule has 3 N–H and O–H groups in total. The third-order valence-corrected chi connectivity index (χ3v) is 3.29. The molecule has 0 spiro atoms. The third-order valence-electron chi connectivity index (χ3n) is 1.79. The van der Waals surface area contributed by atoms with Crippen LogP contribution in [0.15, 0.2) is 28.3 Å². The Balaban J connectivity index is 3.03. The van der Waals surface area contributed by atoms with Crippen LogP contribution in [-0.2, 0) is 0 Å². The molecule has 1 aromatic rings. The first kappa shape index (κ1) is 12.2. The molecular weight excluding hydrogens is 232 g/mol. The highest BCUT2D eigenvalue weighted by Gasteiger charge is 2.07. The number of benzene rings is 1. The van der Waals surface area contributed by atoms with Crippen molar-refractivity contribution >= 4 is 29.2 Å². The highest BCUT2D eigenvalue weighted by molar-refractivity contribution is 7.99. The molecule has 1 aromatic carbocycles. The number of amidine groups is 1. The molecule has 0 radical (unpaired) electrons. The summed E-state index contributed by atoms with van der Waals surface area (Å²) >= 11 is 7.54. The third kappa shape index (κ3) is 3.32. The van der Waals surface area contributed by atoms with Crippen LogP contribution >= 0.6 is 23.4 Å². The zero-order valence-electron chi connectivity index (χ0n) is 8.40. The smallest absolute Gasteiger partial charge is 0.171 e. The maximum absolute atomic E-state index is 8.63. The van der Waals surface area contributed by atoms with E-state index in [2.05, 4.69) is 12.1 Å². The number of rotatable bonds is 4. The van der Waals surface area contributed by atoms with E-state index in [0.717, 1.165) is 22.6 Å². The summed E-state index contributed by atoms with van der Waals surface area (Å²) in [5, 5.41) is 12.3. The van der Waals surface area contributed by atoms with Crippen LogP contribution in [0.25, 0.3) is 0 Å². The maximum atomic E-state index is 8.63. The van der Waals surface area contributed by atoms with Crippen molar-refractivity contribution in [3.05, 3.63) is 28.8 Å². The Morgan fingerprint density at radius 2 is 2.33 bits per heavy atom. The first-order valence-electron chi connectivity index (χ1n) is 4.59. The normalized spacial score (nSPS) is 11.7. The fourth-order valence-electron chi connectivity index (χ4n) is 1.09. The number of oxime groups is 1. The second-order valence-electron chi connectivity index (χ2n) is 2.97. The molecule has 0 unspecified atom stereocenters. The molecule has 82 valence electrons. The number of nitrogens with two attached hydrogens (primary N) is 1. The van der Waals surface area contributed by atoms with E-state index in [-0.39, 0.29) is 5.84 Å².